The van der Waals surface area contributed by atoms with Gasteiger partial charge in [-0.1, -0.05) is 18.7 Å². The van der Waals surface area contributed by atoms with E-state index in [0.717, 1.165) is 22.6 Å². The van der Waals surface area contributed by atoms with Gasteiger partial charge in [0.1, 0.15) is 5.82 Å². The molecule has 0 radical (unpaired) electrons. The van der Waals surface area contributed by atoms with Crippen molar-refractivity contribution >= 4 is 34.5 Å². The van der Waals surface area contributed by atoms with Crippen LogP contribution in [0.4, 0.5) is 5.82 Å². The predicted octanol–water partition coefficient (Wildman–Crippen LogP) is 3.21. The molecule has 0 aliphatic carbocycles. The molecule has 1 aromatic carbocycles. The lowest BCUT2D eigenvalue weighted by Gasteiger charge is -2.14. The fourth-order valence-corrected chi connectivity index (χ4v) is 3.83. The summed E-state index contributed by atoms with van der Waals surface area (Å²) >= 11 is 1.57. The van der Waals surface area contributed by atoms with Crippen molar-refractivity contribution in [1.82, 2.24) is 25.1 Å². The number of amides is 1. The van der Waals surface area contributed by atoms with E-state index in [0.29, 0.717) is 41.1 Å². The van der Waals surface area contributed by atoms with Crippen LogP contribution in [0.2, 0.25) is 0 Å². The lowest BCUT2D eigenvalue weighted by Crippen LogP contribution is -2.27. The summed E-state index contributed by atoms with van der Waals surface area (Å²) in [5, 5.41) is 12.3. The zero-order valence-electron chi connectivity index (χ0n) is 19.8. The lowest BCUT2D eigenvalue weighted by atomic mass is 10.1. The molecule has 0 aliphatic rings. The minimum Gasteiger partial charge on any atom is -0.493 e. The monoisotopic (exact) mass is 474 g/mol. The number of nitrogens with zero attached hydrogens (tertiary/aromatic N) is 4. The molecule has 11 heteroatoms. The maximum absolute atomic E-state index is 12.8. The first-order chi connectivity index (χ1) is 15.9. The van der Waals surface area contributed by atoms with Gasteiger partial charge in [0.25, 0.3) is 5.91 Å². The van der Waals surface area contributed by atoms with Gasteiger partial charge >= 0.3 is 0 Å². The Labute approximate surface area is 197 Å². The molecule has 2 aromatic heterocycles. The van der Waals surface area contributed by atoms with Crippen molar-refractivity contribution in [3.63, 3.8) is 0 Å². The average molecular weight is 475 g/mol. The minimum atomic E-state index is -0.260. The predicted molar refractivity (Wildman–Crippen MR) is 129 cm³/mol. The van der Waals surface area contributed by atoms with Gasteiger partial charge in [-0.15, -0.1) is 0 Å². The molecule has 2 heterocycles. The number of hydrogen-bond donors (Lipinski definition) is 2. The van der Waals surface area contributed by atoms with Crippen LogP contribution in [0.1, 0.15) is 31.1 Å². The summed E-state index contributed by atoms with van der Waals surface area (Å²) in [5.74, 6) is 2.64. The topological polar surface area (TPSA) is 112 Å². The van der Waals surface area contributed by atoms with Crippen LogP contribution in [-0.2, 0) is 6.54 Å². The second kappa shape index (κ2) is 11.1. The van der Waals surface area contributed by atoms with Crippen LogP contribution in [0, 0.1) is 0 Å². The van der Waals surface area contributed by atoms with Gasteiger partial charge in [0, 0.05) is 18.2 Å². The number of nitrogens with one attached hydrogen (secondary N) is 2. The van der Waals surface area contributed by atoms with Gasteiger partial charge in [-0.25, -0.2) is 14.6 Å². The molecule has 0 fully saturated rings. The molecule has 0 saturated carbocycles. The Bertz CT molecular complexity index is 1090. The van der Waals surface area contributed by atoms with E-state index in [1.54, 1.807) is 34.8 Å². The number of thioether (sulfide) groups is 1. The Kier molecular flexibility index (Phi) is 8.21. The molecular weight excluding hydrogens is 444 g/mol. The maximum Gasteiger partial charge on any atom is 0.251 e. The molecule has 10 nitrogen and oxygen atoms in total. The van der Waals surface area contributed by atoms with Crippen molar-refractivity contribution < 1.29 is 19.0 Å². The van der Waals surface area contributed by atoms with Crippen LogP contribution in [0.5, 0.6) is 17.2 Å². The first kappa shape index (κ1) is 24.4. The first-order valence-corrected chi connectivity index (χ1v) is 11.6. The van der Waals surface area contributed by atoms with Gasteiger partial charge < -0.3 is 24.8 Å². The molecule has 178 valence electrons. The Morgan fingerprint density at radius 2 is 1.82 bits per heavy atom. The van der Waals surface area contributed by atoms with E-state index in [4.69, 9.17) is 14.2 Å². The van der Waals surface area contributed by atoms with Crippen molar-refractivity contribution in [2.24, 2.45) is 0 Å². The molecule has 3 rings (SSSR count). The molecule has 0 bridgehead atoms. The van der Waals surface area contributed by atoms with Crippen LogP contribution in [0.25, 0.3) is 11.0 Å². The van der Waals surface area contributed by atoms with E-state index < -0.39 is 0 Å². The number of ether oxygens (including phenoxy) is 3. The van der Waals surface area contributed by atoms with E-state index in [2.05, 4.69) is 46.5 Å². The van der Waals surface area contributed by atoms with Crippen molar-refractivity contribution in [2.75, 3.05) is 38.9 Å². The average Bonchev–Trinajstić information content (AvgIpc) is 3.20. The SMILES string of the molecule is CCSc1nc(NC(C)C)c2cnn(CCNC(=O)c3cc(OC)c(OC)c(OC)c3)c2n1. The Morgan fingerprint density at radius 1 is 1.12 bits per heavy atom. The van der Waals surface area contributed by atoms with Gasteiger partial charge in [0.05, 0.1) is 39.5 Å². The highest BCUT2D eigenvalue weighted by Gasteiger charge is 2.18. The van der Waals surface area contributed by atoms with E-state index >= 15 is 0 Å². The van der Waals surface area contributed by atoms with Crippen LogP contribution in [0.15, 0.2) is 23.5 Å². The first-order valence-electron chi connectivity index (χ1n) is 10.6. The van der Waals surface area contributed by atoms with E-state index in [1.807, 2.05) is 0 Å². The third-order valence-corrected chi connectivity index (χ3v) is 5.44. The fraction of sp³-hybridized carbons (Fsp3) is 0.455. The van der Waals surface area contributed by atoms with Gasteiger partial charge in [0.2, 0.25) is 5.75 Å². The van der Waals surface area contributed by atoms with Crippen molar-refractivity contribution in [2.45, 2.75) is 38.5 Å². The molecular formula is C22H30N6O4S. The van der Waals surface area contributed by atoms with E-state index in [1.165, 1.54) is 21.3 Å². The normalized spacial score (nSPS) is 11.0. The molecule has 0 spiro atoms. The quantitative estimate of drug-likeness (QED) is 0.319. The van der Waals surface area contributed by atoms with Gasteiger partial charge in [-0.05, 0) is 31.7 Å². The van der Waals surface area contributed by atoms with Gasteiger partial charge in [0.15, 0.2) is 22.3 Å². The highest BCUT2D eigenvalue weighted by Crippen LogP contribution is 2.38. The minimum absolute atomic E-state index is 0.226. The van der Waals surface area contributed by atoms with Gasteiger partial charge in [-0.2, -0.15) is 5.10 Å². The molecule has 1 amide bonds. The zero-order chi connectivity index (χ0) is 24.0. The summed E-state index contributed by atoms with van der Waals surface area (Å²) in [7, 11) is 4.54. The molecule has 33 heavy (non-hydrogen) atoms. The zero-order valence-corrected chi connectivity index (χ0v) is 20.6. The molecule has 0 atom stereocenters. The summed E-state index contributed by atoms with van der Waals surface area (Å²) in [5.41, 5.74) is 1.13. The maximum atomic E-state index is 12.8. The number of rotatable bonds is 11. The summed E-state index contributed by atoms with van der Waals surface area (Å²) in [6, 6.07) is 3.46. The van der Waals surface area contributed by atoms with Gasteiger partial charge in [-0.3, -0.25) is 4.79 Å². The van der Waals surface area contributed by atoms with E-state index in [9.17, 15) is 4.79 Å². The Morgan fingerprint density at radius 3 is 2.39 bits per heavy atom. The van der Waals surface area contributed by atoms with Crippen molar-refractivity contribution in [1.29, 1.82) is 0 Å². The lowest BCUT2D eigenvalue weighted by molar-refractivity contribution is 0.0951. The molecule has 0 saturated heterocycles. The van der Waals surface area contributed by atoms with Crippen LogP contribution >= 0.6 is 11.8 Å². The molecule has 0 aliphatic heterocycles. The summed E-state index contributed by atoms with van der Waals surface area (Å²) in [4.78, 5) is 22.0. The highest BCUT2D eigenvalue weighted by molar-refractivity contribution is 7.99. The summed E-state index contributed by atoms with van der Waals surface area (Å²) < 4.78 is 17.7. The number of carbonyl (C=O) groups is 1. The Hall–Kier alpha value is -3.21. The second-order valence-corrected chi connectivity index (χ2v) is 8.59. The third kappa shape index (κ3) is 5.59. The Balaban J connectivity index is 1.77. The van der Waals surface area contributed by atoms with Crippen LogP contribution in [-0.4, -0.2) is 65.3 Å². The standard InChI is InChI=1S/C22H30N6O4S/c1-7-33-22-26-19(25-13(2)3)15-12-24-28(20(15)27-22)9-8-23-21(29)14-10-16(30-4)18(32-6)17(11-14)31-5/h10-13H,7-9H2,1-6H3,(H,23,29)(H,25,26,27). The van der Waals surface area contributed by atoms with Crippen molar-refractivity contribution in [3.8, 4) is 17.2 Å². The number of benzene rings is 1. The third-order valence-electron chi connectivity index (χ3n) is 4.71. The number of aromatic nitrogens is 4. The fourth-order valence-electron chi connectivity index (χ4n) is 3.27. The van der Waals surface area contributed by atoms with Crippen LogP contribution < -0.4 is 24.8 Å². The molecule has 2 N–H and O–H groups in total. The number of methoxy groups -OCH3 is 3. The number of hydrogen-bond acceptors (Lipinski definition) is 9. The van der Waals surface area contributed by atoms with Crippen molar-refractivity contribution in [3.05, 3.63) is 23.9 Å². The number of carbonyl (C=O) groups excluding carboxylic acids is 1. The molecule has 0 unspecified atom stereocenters. The summed E-state index contributed by atoms with van der Waals surface area (Å²) in [6.45, 7) is 6.99. The molecule has 3 aromatic rings. The number of fused-ring (bicyclic) bond motifs is 1. The number of anilines is 1. The highest BCUT2D eigenvalue weighted by atomic mass is 32.2. The largest absolute Gasteiger partial charge is 0.493 e. The summed E-state index contributed by atoms with van der Waals surface area (Å²) in [6.07, 6.45) is 1.75. The smallest absolute Gasteiger partial charge is 0.251 e. The second-order valence-electron chi connectivity index (χ2n) is 7.36. The van der Waals surface area contributed by atoms with Crippen LogP contribution in [0.3, 0.4) is 0 Å². The van der Waals surface area contributed by atoms with E-state index in [-0.39, 0.29) is 11.9 Å².